The summed E-state index contributed by atoms with van der Waals surface area (Å²) in [6.07, 6.45) is 4.60. The van der Waals surface area contributed by atoms with Crippen LogP contribution < -0.4 is 11.3 Å². The van der Waals surface area contributed by atoms with Crippen LogP contribution in [0, 0.1) is 0 Å². The van der Waals surface area contributed by atoms with Gasteiger partial charge in [-0.15, -0.1) is 0 Å². The second-order valence-electron chi connectivity index (χ2n) is 6.08. The van der Waals surface area contributed by atoms with Crippen molar-refractivity contribution in [2.45, 2.75) is 38.1 Å². The fraction of sp³-hybridized carbons (Fsp3) is 0.353. The van der Waals surface area contributed by atoms with Crippen LogP contribution in [0.3, 0.4) is 0 Å². The van der Waals surface area contributed by atoms with Crippen molar-refractivity contribution in [3.63, 3.8) is 0 Å². The number of fused-ring (bicyclic) bond motifs is 1. The minimum atomic E-state index is -0.306. The first kappa shape index (κ1) is 14.1. The van der Waals surface area contributed by atoms with Crippen molar-refractivity contribution < 1.29 is 0 Å². The molecule has 3 aromatic rings. The van der Waals surface area contributed by atoms with Crippen LogP contribution in [0.4, 0.5) is 0 Å². The van der Waals surface area contributed by atoms with Crippen LogP contribution in [0.15, 0.2) is 35.3 Å². The molecule has 0 amide bonds. The molecule has 6 heteroatoms. The number of nitrogens with two attached hydrogens (primary N) is 1. The molecule has 1 aliphatic rings. The van der Waals surface area contributed by atoms with Crippen molar-refractivity contribution in [3.8, 4) is 5.82 Å². The Kier molecular flexibility index (Phi) is 3.27. The van der Waals surface area contributed by atoms with E-state index < -0.39 is 0 Å². The van der Waals surface area contributed by atoms with E-state index in [0.29, 0.717) is 29.4 Å². The summed E-state index contributed by atoms with van der Waals surface area (Å²) in [5.74, 6) is 1.66. The molecule has 1 aromatic carbocycles. The molecule has 6 nitrogen and oxygen atoms in total. The molecule has 1 aliphatic carbocycles. The maximum Gasteiger partial charge on any atom is 0.267 e. The number of nitrogens with zero attached hydrogens (tertiary/aromatic N) is 3. The molecule has 0 spiro atoms. The van der Waals surface area contributed by atoms with E-state index in [2.05, 4.69) is 10.2 Å². The van der Waals surface area contributed by atoms with Gasteiger partial charge in [-0.1, -0.05) is 19.1 Å². The summed E-state index contributed by atoms with van der Waals surface area (Å²) < 4.78 is 1.58. The van der Waals surface area contributed by atoms with E-state index in [4.69, 9.17) is 10.7 Å². The zero-order valence-corrected chi connectivity index (χ0v) is 13.0. The molecule has 0 radical (unpaired) electrons. The third-order valence-corrected chi connectivity index (χ3v) is 4.47. The number of benzene rings is 1. The lowest BCUT2D eigenvalue weighted by atomic mass is 10.0. The fourth-order valence-electron chi connectivity index (χ4n) is 3.04. The molecule has 3 N–H and O–H groups in total. The minimum Gasteiger partial charge on any atom is -0.321 e. The average molecular weight is 309 g/mol. The SMILES string of the molecule is CCC(N)c1nc2cccc(C3CC3)c2c(=O)n1-c1ccn[nH]1. The van der Waals surface area contributed by atoms with Gasteiger partial charge in [-0.25, -0.2) is 9.55 Å². The van der Waals surface area contributed by atoms with Gasteiger partial charge in [0.1, 0.15) is 11.6 Å². The summed E-state index contributed by atoms with van der Waals surface area (Å²) in [5.41, 5.74) is 7.98. The minimum absolute atomic E-state index is 0.0688. The molecule has 1 unspecified atom stereocenters. The zero-order valence-electron chi connectivity index (χ0n) is 13.0. The number of aromatic amines is 1. The number of hydrogen-bond donors (Lipinski definition) is 2. The van der Waals surface area contributed by atoms with Crippen LogP contribution in [0.5, 0.6) is 0 Å². The Balaban J connectivity index is 2.09. The van der Waals surface area contributed by atoms with Crippen LogP contribution in [0.1, 0.15) is 49.5 Å². The lowest BCUT2D eigenvalue weighted by molar-refractivity contribution is 0.618. The van der Waals surface area contributed by atoms with Crippen LogP contribution in [-0.2, 0) is 0 Å². The molecule has 0 bridgehead atoms. The standard InChI is InChI=1S/C17H19N5O/c1-2-12(18)16-20-13-5-3-4-11(10-6-7-10)15(13)17(23)22(16)14-8-9-19-21-14/h3-5,8-10,12H,2,6-7,18H2,1H3,(H,19,21). The number of nitrogens with one attached hydrogen (secondary N) is 1. The summed E-state index contributed by atoms with van der Waals surface area (Å²) in [7, 11) is 0. The van der Waals surface area contributed by atoms with Gasteiger partial charge < -0.3 is 5.73 Å². The van der Waals surface area contributed by atoms with E-state index in [-0.39, 0.29) is 11.6 Å². The van der Waals surface area contributed by atoms with Crippen molar-refractivity contribution in [1.29, 1.82) is 0 Å². The molecule has 0 aliphatic heterocycles. The summed E-state index contributed by atoms with van der Waals surface area (Å²) >= 11 is 0. The van der Waals surface area contributed by atoms with Gasteiger partial charge >= 0.3 is 0 Å². The monoisotopic (exact) mass is 309 g/mol. The predicted octanol–water partition coefficient (Wildman–Crippen LogP) is 2.40. The fourth-order valence-corrected chi connectivity index (χ4v) is 3.04. The number of H-pyrrole nitrogens is 1. The Labute approximate surface area is 133 Å². The van der Waals surface area contributed by atoms with Crippen molar-refractivity contribution in [2.24, 2.45) is 5.73 Å². The van der Waals surface area contributed by atoms with Crippen LogP contribution in [0.2, 0.25) is 0 Å². The summed E-state index contributed by atoms with van der Waals surface area (Å²) in [6, 6.07) is 7.37. The van der Waals surface area contributed by atoms with Gasteiger partial charge in [-0.3, -0.25) is 9.89 Å². The highest BCUT2D eigenvalue weighted by Gasteiger charge is 2.28. The summed E-state index contributed by atoms with van der Waals surface area (Å²) in [6.45, 7) is 1.99. The van der Waals surface area contributed by atoms with Crippen LogP contribution in [-0.4, -0.2) is 19.7 Å². The molecule has 2 heterocycles. The summed E-state index contributed by atoms with van der Waals surface area (Å²) in [4.78, 5) is 18.0. The van der Waals surface area contributed by atoms with Gasteiger partial charge in [-0.2, -0.15) is 5.10 Å². The molecule has 2 aromatic heterocycles. The molecule has 4 rings (SSSR count). The Morgan fingerprint density at radius 2 is 2.22 bits per heavy atom. The van der Waals surface area contributed by atoms with E-state index in [1.54, 1.807) is 16.8 Å². The molecule has 1 atom stereocenters. The van der Waals surface area contributed by atoms with E-state index in [1.165, 1.54) is 0 Å². The zero-order chi connectivity index (χ0) is 16.0. The quantitative estimate of drug-likeness (QED) is 0.774. The largest absolute Gasteiger partial charge is 0.321 e. The van der Waals surface area contributed by atoms with Gasteiger partial charge in [0.05, 0.1) is 23.1 Å². The molecule has 0 saturated heterocycles. The summed E-state index contributed by atoms with van der Waals surface area (Å²) in [5, 5.41) is 7.53. The average Bonchev–Trinajstić information content (AvgIpc) is 3.28. The van der Waals surface area contributed by atoms with E-state index in [9.17, 15) is 4.79 Å². The molecule has 118 valence electrons. The van der Waals surface area contributed by atoms with Gasteiger partial charge in [0.2, 0.25) is 0 Å². The number of rotatable bonds is 4. The maximum atomic E-state index is 13.2. The highest BCUT2D eigenvalue weighted by molar-refractivity contribution is 5.82. The van der Waals surface area contributed by atoms with Crippen molar-refractivity contribution in [2.75, 3.05) is 0 Å². The smallest absolute Gasteiger partial charge is 0.267 e. The Hall–Kier alpha value is -2.47. The molecule has 23 heavy (non-hydrogen) atoms. The van der Waals surface area contributed by atoms with Crippen LogP contribution >= 0.6 is 0 Å². The van der Waals surface area contributed by atoms with Crippen molar-refractivity contribution in [1.82, 2.24) is 19.7 Å². The number of aromatic nitrogens is 4. The molecule has 1 fully saturated rings. The molecular formula is C17H19N5O. The first-order chi connectivity index (χ1) is 11.2. The van der Waals surface area contributed by atoms with E-state index >= 15 is 0 Å². The predicted molar refractivity (Wildman–Crippen MR) is 88.7 cm³/mol. The lowest BCUT2D eigenvalue weighted by Gasteiger charge is -2.17. The Bertz CT molecular complexity index is 909. The van der Waals surface area contributed by atoms with Gasteiger partial charge in [-0.05, 0) is 36.8 Å². The van der Waals surface area contributed by atoms with Crippen LogP contribution in [0.25, 0.3) is 16.7 Å². The molecule has 1 saturated carbocycles. The van der Waals surface area contributed by atoms with Crippen molar-refractivity contribution >= 4 is 10.9 Å². The van der Waals surface area contributed by atoms with Crippen molar-refractivity contribution in [3.05, 3.63) is 52.2 Å². The Morgan fingerprint density at radius 3 is 2.87 bits per heavy atom. The topological polar surface area (TPSA) is 89.6 Å². The maximum absolute atomic E-state index is 13.2. The second-order valence-corrected chi connectivity index (χ2v) is 6.08. The second kappa shape index (κ2) is 5.31. The van der Waals surface area contributed by atoms with E-state index in [1.807, 2.05) is 25.1 Å². The van der Waals surface area contributed by atoms with E-state index in [0.717, 1.165) is 23.9 Å². The Morgan fingerprint density at radius 1 is 1.39 bits per heavy atom. The third kappa shape index (κ3) is 2.26. The van der Waals surface area contributed by atoms with Gasteiger partial charge in [0, 0.05) is 6.07 Å². The highest BCUT2D eigenvalue weighted by atomic mass is 16.1. The first-order valence-corrected chi connectivity index (χ1v) is 8.01. The normalized spacial score (nSPS) is 15.9. The third-order valence-electron chi connectivity index (χ3n) is 4.47. The number of hydrogen-bond acceptors (Lipinski definition) is 4. The van der Waals surface area contributed by atoms with Gasteiger partial charge in [0.25, 0.3) is 5.56 Å². The lowest BCUT2D eigenvalue weighted by Crippen LogP contribution is -2.29. The molecular weight excluding hydrogens is 290 g/mol. The van der Waals surface area contributed by atoms with Gasteiger partial charge in [0.15, 0.2) is 0 Å². The highest BCUT2D eigenvalue weighted by Crippen LogP contribution is 2.42. The first-order valence-electron chi connectivity index (χ1n) is 8.01.